The van der Waals surface area contributed by atoms with Crippen LogP contribution in [0.5, 0.6) is 0 Å². The maximum atomic E-state index is 10.2. The molecule has 122 valence electrons. The lowest BCUT2D eigenvalue weighted by Gasteiger charge is -2.25. The Morgan fingerprint density at radius 1 is 1.08 bits per heavy atom. The predicted octanol–water partition coefficient (Wildman–Crippen LogP) is 4.64. The van der Waals surface area contributed by atoms with E-state index < -0.39 is 5.41 Å². The van der Waals surface area contributed by atoms with Gasteiger partial charge in [0.2, 0.25) is 0 Å². The van der Waals surface area contributed by atoms with Crippen molar-refractivity contribution in [2.45, 2.75) is 43.6 Å². The van der Waals surface area contributed by atoms with Crippen LogP contribution in [0.2, 0.25) is 0 Å². The Kier molecular flexibility index (Phi) is 3.90. The minimum absolute atomic E-state index is 0.477. The van der Waals surface area contributed by atoms with Gasteiger partial charge in [-0.15, -0.1) is 0 Å². The summed E-state index contributed by atoms with van der Waals surface area (Å²) in [6.45, 7) is 0. The van der Waals surface area contributed by atoms with Crippen molar-refractivity contribution >= 4 is 0 Å². The molecule has 0 saturated heterocycles. The Bertz CT molecular complexity index is 737. The molecule has 1 saturated carbocycles. The summed E-state index contributed by atoms with van der Waals surface area (Å²) in [6.07, 6.45) is 5.87. The quantitative estimate of drug-likeness (QED) is 0.842. The number of fused-ring (bicyclic) bond motifs is 3. The third kappa shape index (κ3) is 2.36. The van der Waals surface area contributed by atoms with Gasteiger partial charge < -0.3 is 5.32 Å². The van der Waals surface area contributed by atoms with E-state index in [1.807, 2.05) is 0 Å². The van der Waals surface area contributed by atoms with Crippen LogP contribution in [0.4, 0.5) is 0 Å². The smallest absolute Gasteiger partial charge is 0.108 e. The summed E-state index contributed by atoms with van der Waals surface area (Å²) in [5.41, 5.74) is 4.39. The fraction of sp³-hybridized carbons (Fsp3) is 0.409. The third-order valence-electron chi connectivity index (χ3n) is 5.88. The van der Waals surface area contributed by atoms with Gasteiger partial charge in [0, 0.05) is 6.04 Å². The van der Waals surface area contributed by atoms with Gasteiger partial charge in [0.15, 0.2) is 0 Å². The van der Waals surface area contributed by atoms with Crippen LogP contribution in [0.3, 0.4) is 0 Å². The first-order valence-electron chi connectivity index (χ1n) is 9.08. The molecule has 1 unspecified atom stereocenters. The summed E-state index contributed by atoms with van der Waals surface area (Å²) in [6, 6.07) is 20.2. The van der Waals surface area contributed by atoms with Crippen LogP contribution < -0.4 is 5.32 Å². The van der Waals surface area contributed by atoms with Gasteiger partial charge in [-0.05, 0) is 67.3 Å². The molecule has 2 heteroatoms. The summed E-state index contributed by atoms with van der Waals surface area (Å²) < 4.78 is 0. The lowest BCUT2D eigenvalue weighted by molar-refractivity contribution is 0.430. The first-order valence-corrected chi connectivity index (χ1v) is 9.08. The number of benzene rings is 2. The van der Waals surface area contributed by atoms with Crippen molar-refractivity contribution in [2.75, 3.05) is 7.05 Å². The predicted molar refractivity (Wildman–Crippen MR) is 97.7 cm³/mol. The third-order valence-corrected chi connectivity index (χ3v) is 5.88. The minimum Gasteiger partial charge on any atom is -0.317 e. The fourth-order valence-electron chi connectivity index (χ4n) is 4.47. The number of hydrogen-bond acceptors (Lipinski definition) is 2. The number of nitrogens with one attached hydrogen (secondary N) is 1. The minimum atomic E-state index is -0.477. The molecular formula is C22H24N2. The molecule has 2 aliphatic rings. The molecule has 0 heterocycles. The van der Waals surface area contributed by atoms with E-state index in [2.05, 4.69) is 67.0 Å². The van der Waals surface area contributed by atoms with E-state index in [4.69, 9.17) is 0 Å². The summed E-state index contributed by atoms with van der Waals surface area (Å²) >= 11 is 0. The van der Waals surface area contributed by atoms with Crippen LogP contribution in [-0.4, -0.2) is 13.1 Å². The molecular weight excluding hydrogens is 292 g/mol. The van der Waals surface area contributed by atoms with E-state index in [1.165, 1.54) is 35.1 Å². The normalized spacial score (nSPS) is 18.5. The summed E-state index contributed by atoms with van der Waals surface area (Å²) in [4.78, 5) is 0. The Labute approximate surface area is 144 Å². The molecule has 1 N–H and O–H groups in total. The van der Waals surface area contributed by atoms with Crippen LogP contribution in [0.15, 0.2) is 48.5 Å². The maximum absolute atomic E-state index is 10.2. The monoisotopic (exact) mass is 316 g/mol. The largest absolute Gasteiger partial charge is 0.317 e. The second kappa shape index (κ2) is 6.07. The number of nitrogens with zero attached hydrogens (tertiary/aromatic N) is 1. The van der Waals surface area contributed by atoms with Gasteiger partial charge in [0.25, 0.3) is 0 Å². The van der Waals surface area contributed by atoms with Gasteiger partial charge in [-0.25, -0.2) is 0 Å². The van der Waals surface area contributed by atoms with Crippen LogP contribution >= 0.6 is 0 Å². The molecule has 2 aromatic carbocycles. The van der Waals surface area contributed by atoms with Gasteiger partial charge in [-0.1, -0.05) is 48.5 Å². The molecule has 0 spiro atoms. The first kappa shape index (κ1) is 15.4. The van der Waals surface area contributed by atoms with Gasteiger partial charge in [0.05, 0.1) is 6.07 Å². The fourth-order valence-corrected chi connectivity index (χ4v) is 4.47. The molecule has 24 heavy (non-hydrogen) atoms. The van der Waals surface area contributed by atoms with E-state index in [-0.39, 0.29) is 0 Å². The van der Waals surface area contributed by atoms with Crippen molar-refractivity contribution in [1.29, 1.82) is 5.26 Å². The average Bonchev–Trinajstić information content (AvgIpc) is 3.44. The summed E-state index contributed by atoms with van der Waals surface area (Å²) in [5.74, 6) is 0.858. The molecule has 0 radical (unpaired) electrons. The van der Waals surface area contributed by atoms with Crippen LogP contribution in [0.1, 0.15) is 43.2 Å². The molecule has 4 rings (SSSR count). The molecule has 1 atom stereocenters. The van der Waals surface area contributed by atoms with E-state index in [0.29, 0.717) is 6.04 Å². The van der Waals surface area contributed by atoms with Crippen molar-refractivity contribution < 1.29 is 0 Å². The van der Waals surface area contributed by atoms with Crippen molar-refractivity contribution in [2.24, 2.45) is 5.92 Å². The van der Waals surface area contributed by atoms with E-state index in [0.717, 1.165) is 25.2 Å². The zero-order valence-corrected chi connectivity index (χ0v) is 14.3. The first-order chi connectivity index (χ1) is 11.8. The lowest BCUT2D eigenvalue weighted by Crippen LogP contribution is -2.29. The van der Waals surface area contributed by atoms with E-state index >= 15 is 0 Å². The van der Waals surface area contributed by atoms with Crippen molar-refractivity contribution in [1.82, 2.24) is 5.32 Å². The zero-order chi connectivity index (χ0) is 16.6. The highest BCUT2D eigenvalue weighted by Crippen LogP contribution is 2.51. The van der Waals surface area contributed by atoms with E-state index in [1.54, 1.807) is 0 Å². The van der Waals surface area contributed by atoms with E-state index in [9.17, 15) is 5.26 Å². The van der Waals surface area contributed by atoms with Gasteiger partial charge >= 0.3 is 0 Å². The zero-order valence-electron chi connectivity index (χ0n) is 14.3. The second-order valence-electron chi connectivity index (χ2n) is 7.23. The molecule has 0 aliphatic heterocycles. The number of rotatable bonds is 6. The van der Waals surface area contributed by atoms with Gasteiger partial charge in [-0.2, -0.15) is 5.26 Å². The van der Waals surface area contributed by atoms with Crippen molar-refractivity contribution in [3.63, 3.8) is 0 Å². The molecule has 0 amide bonds. The highest BCUT2D eigenvalue weighted by Gasteiger charge is 2.43. The lowest BCUT2D eigenvalue weighted by atomic mass is 9.75. The Balaban J connectivity index is 1.65. The Morgan fingerprint density at radius 3 is 2.17 bits per heavy atom. The molecule has 2 aliphatic carbocycles. The number of nitriles is 1. The van der Waals surface area contributed by atoms with Gasteiger partial charge in [-0.3, -0.25) is 0 Å². The topological polar surface area (TPSA) is 35.8 Å². The number of hydrogen-bond donors (Lipinski definition) is 1. The highest BCUT2D eigenvalue weighted by atomic mass is 14.9. The standard InChI is InChI=1S/C22H24N2/c1-24-21(16-12-13-16)11-6-14-22(15-23)19-9-4-2-7-17(19)18-8-3-5-10-20(18)22/h2-5,7-10,16,21,24H,6,11-14H2,1H3. The summed E-state index contributed by atoms with van der Waals surface area (Å²) in [7, 11) is 2.07. The maximum Gasteiger partial charge on any atom is 0.108 e. The summed E-state index contributed by atoms with van der Waals surface area (Å²) in [5, 5.41) is 13.7. The highest BCUT2D eigenvalue weighted by molar-refractivity contribution is 5.82. The van der Waals surface area contributed by atoms with Gasteiger partial charge in [0.1, 0.15) is 5.41 Å². The molecule has 0 aromatic heterocycles. The second-order valence-corrected chi connectivity index (χ2v) is 7.23. The van der Waals surface area contributed by atoms with Crippen molar-refractivity contribution in [3.05, 3.63) is 59.7 Å². The van der Waals surface area contributed by atoms with Crippen molar-refractivity contribution in [3.8, 4) is 17.2 Å². The van der Waals surface area contributed by atoms with Crippen LogP contribution in [-0.2, 0) is 5.41 Å². The molecule has 2 aromatic rings. The SMILES string of the molecule is CNC(CCCC1(C#N)c2ccccc2-c2ccccc21)C1CC1. The molecule has 0 bridgehead atoms. The Morgan fingerprint density at radius 2 is 1.67 bits per heavy atom. The average molecular weight is 316 g/mol. The van der Waals surface area contributed by atoms with Crippen LogP contribution in [0.25, 0.3) is 11.1 Å². The molecule has 2 nitrogen and oxygen atoms in total. The van der Waals surface area contributed by atoms with Crippen LogP contribution in [0, 0.1) is 17.2 Å². The molecule has 1 fully saturated rings. The Hall–Kier alpha value is -2.11.